The average Bonchev–Trinajstić information content (AvgIpc) is 3.28. The summed E-state index contributed by atoms with van der Waals surface area (Å²) >= 11 is 0.673. The molecule has 154 valence electrons. The third kappa shape index (κ3) is 4.56. The molecule has 3 aromatic rings. The number of hydrogen-bond acceptors (Lipinski definition) is 6. The van der Waals surface area contributed by atoms with E-state index in [2.05, 4.69) is 10.1 Å². The molecule has 3 rings (SSSR count). The van der Waals surface area contributed by atoms with E-state index in [0.29, 0.717) is 23.0 Å². The maximum atomic E-state index is 13.4. The molecule has 0 saturated heterocycles. The van der Waals surface area contributed by atoms with Crippen LogP contribution in [0.5, 0.6) is 0 Å². The number of aryl methyl sites for hydroxylation is 1. The van der Waals surface area contributed by atoms with Crippen LogP contribution in [0.25, 0.3) is 11.1 Å². The van der Waals surface area contributed by atoms with Gasteiger partial charge < -0.3 is 10.4 Å². The van der Waals surface area contributed by atoms with Gasteiger partial charge in [0.15, 0.2) is 0 Å². The van der Waals surface area contributed by atoms with Gasteiger partial charge in [0.2, 0.25) is 9.84 Å². The van der Waals surface area contributed by atoms with Crippen LogP contribution in [0.3, 0.4) is 0 Å². The van der Waals surface area contributed by atoms with Crippen LogP contribution in [-0.2, 0) is 29.6 Å². The number of amides is 1. The van der Waals surface area contributed by atoms with Crippen molar-refractivity contribution in [3.8, 4) is 11.1 Å². The predicted octanol–water partition coefficient (Wildman–Crippen LogP) is 3.16. The number of nitrogens with zero attached hydrogens (tertiary/aromatic N) is 3. The average molecular weight is 446 g/mol. The zero-order valence-corrected chi connectivity index (χ0v) is 16.3. The second kappa shape index (κ2) is 7.48. The molecule has 1 amide bonds. The number of carbonyl (C=O) groups is 1. The summed E-state index contributed by atoms with van der Waals surface area (Å²) in [5, 5.41) is 14.7. The van der Waals surface area contributed by atoms with Crippen LogP contribution in [0.2, 0.25) is 0 Å². The Morgan fingerprint density at radius 1 is 1.24 bits per heavy atom. The molecule has 0 atom stereocenters. The first-order valence-corrected chi connectivity index (χ1v) is 10.1. The van der Waals surface area contributed by atoms with E-state index in [-0.39, 0.29) is 21.3 Å². The lowest BCUT2D eigenvalue weighted by Gasteiger charge is -2.11. The van der Waals surface area contributed by atoms with Crippen molar-refractivity contribution in [2.24, 2.45) is 7.05 Å². The van der Waals surface area contributed by atoms with Crippen LogP contribution in [0.15, 0.2) is 45.9 Å². The second-order valence-electron chi connectivity index (χ2n) is 5.88. The Morgan fingerprint density at radius 2 is 1.97 bits per heavy atom. The van der Waals surface area contributed by atoms with Gasteiger partial charge in [-0.1, -0.05) is 0 Å². The Labute approximate surface area is 166 Å². The van der Waals surface area contributed by atoms with Gasteiger partial charge in [-0.25, -0.2) is 18.2 Å². The lowest BCUT2D eigenvalue weighted by molar-refractivity contribution is -0.137. The molecule has 2 heterocycles. The van der Waals surface area contributed by atoms with Crippen LogP contribution < -0.4 is 5.32 Å². The van der Waals surface area contributed by atoms with E-state index in [1.54, 1.807) is 7.05 Å². The van der Waals surface area contributed by atoms with Gasteiger partial charge >= 0.3 is 12.3 Å². The molecular weight excluding hydrogens is 433 g/mol. The smallest absolute Gasteiger partial charge is 0.416 e. The molecular formula is C16H13F3N4O4S2. The quantitative estimate of drug-likeness (QED) is 0.622. The summed E-state index contributed by atoms with van der Waals surface area (Å²) in [5.41, 5.74) is -0.746. The van der Waals surface area contributed by atoms with Crippen molar-refractivity contribution in [1.29, 1.82) is 0 Å². The number of carboxylic acid groups (broad SMARTS) is 1. The molecule has 0 aliphatic heterocycles. The van der Waals surface area contributed by atoms with Crippen molar-refractivity contribution >= 4 is 27.3 Å². The molecule has 0 radical (unpaired) electrons. The number of halogens is 3. The number of benzene rings is 1. The molecule has 0 saturated carbocycles. The Morgan fingerprint density at radius 3 is 2.55 bits per heavy atom. The highest BCUT2D eigenvalue weighted by Gasteiger charge is 2.33. The lowest BCUT2D eigenvalue weighted by Crippen LogP contribution is -2.19. The topological polar surface area (TPSA) is 114 Å². The van der Waals surface area contributed by atoms with Crippen LogP contribution in [-0.4, -0.2) is 34.4 Å². The number of hydrogen-bond donors (Lipinski definition) is 2. The highest BCUT2D eigenvalue weighted by Crippen LogP contribution is 2.36. The van der Waals surface area contributed by atoms with Gasteiger partial charge in [0.1, 0.15) is 9.22 Å². The van der Waals surface area contributed by atoms with Gasteiger partial charge in [0, 0.05) is 18.8 Å². The van der Waals surface area contributed by atoms with Crippen molar-refractivity contribution in [3.63, 3.8) is 0 Å². The Kier molecular flexibility index (Phi) is 5.36. The van der Waals surface area contributed by atoms with Gasteiger partial charge in [0.05, 0.1) is 29.4 Å². The number of alkyl halides is 3. The van der Waals surface area contributed by atoms with Gasteiger partial charge in [-0.2, -0.15) is 18.3 Å². The van der Waals surface area contributed by atoms with Gasteiger partial charge in [-0.15, -0.1) is 11.3 Å². The Hall–Kier alpha value is -2.93. The summed E-state index contributed by atoms with van der Waals surface area (Å²) in [7, 11) is -2.73. The maximum Gasteiger partial charge on any atom is 0.416 e. The number of sulfone groups is 1. The van der Waals surface area contributed by atoms with E-state index in [1.807, 2.05) is 5.32 Å². The van der Waals surface area contributed by atoms with E-state index in [0.717, 1.165) is 18.3 Å². The molecule has 29 heavy (non-hydrogen) atoms. The van der Waals surface area contributed by atoms with Gasteiger partial charge in [-0.3, -0.25) is 4.68 Å². The zero-order chi connectivity index (χ0) is 21.4. The third-order valence-electron chi connectivity index (χ3n) is 3.77. The largest absolute Gasteiger partial charge is 0.465 e. The first-order chi connectivity index (χ1) is 13.5. The molecule has 8 nitrogen and oxygen atoms in total. The Bertz CT molecular complexity index is 1170. The number of aromatic nitrogens is 3. The van der Waals surface area contributed by atoms with E-state index >= 15 is 0 Å². The molecule has 0 bridgehead atoms. The van der Waals surface area contributed by atoms with Crippen molar-refractivity contribution in [3.05, 3.63) is 47.4 Å². The first kappa shape index (κ1) is 20.8. The highest BCUT2D eigenvalue weighted by molar-refractivity contribution is 7.93. The molecule has 0 fully saturated rings. The molecule has 0 aliphatic carbocycles. The number of nitrogens with one attached hydrogen (secondary N) is 1. The number of thiazole rings is 1. The van der Waals surface area contributed by atoms with E-state index in [9.17, 15) is 26.4 Å². The van der Waals surface area contributed by atoms with Crippen LogP contribution in [0.4, 0.5) is 18.0 Å². The van der Waals surface area contributed by atoms with E-state index in [1.165, 1.54) is 17.1 Å². The van der Waals surface area contributed by atoms with Crippen LogP contribution in [0, 0.1) is 0 Å². The lowest BCUT2D eigenvalue weighted by atomic mass is 10.1. The highest BCUT2D eigenvalue weighted by atomic mass is 32.2. The standard InChI is InChI=1S/C16H13F3N4O4S2/c1-23-8-10(5-22-23)9-2-11(16(17,18)19)4-12(3-9)29(26,27)14-7-20-13(28-14)6-21-15(24)25/h2-5,7-8,21H,6H2,1H3,(H,24,25). The minimum absolute atomic E-state index is 0.0452. The van der Waals surface area contributed by atoms with Crippen LogP contribution >= 0.6 is 11.3 Å². The maximum absolute atomic E-state index is 13.4. The van der Waals surface area contributed by atoms with Gasteiger partial charge in [-0.05, 0) is 23.8 Å². The van der Waals surface area contributed by atoms with Crippen LogP contribution in [0.1, 0.15) is 10.6 Å². The fourth-order valence-corrected chi connectivity index (χ4v) is 5.01. The first-order valence-electron chi connectivity index (χ1n) is 7.85. The minimum Gasteiger partial charge on any atom is -0.465 e. The fourth-order valence-electron chi connectivity index (χ4n) is 2.42. The zero-order valence-electron chi connectivity index (χ0n) is 14.6. The van der Waals surface area contributed by atoms with Crippen molar-refractivity contribution in [2.45, 2.75) is 21.8 Å². The summed E-state index contributed by atoms with van der Waals surface area (Å²) < 4.78 is 66.9. The molecule has 13 heteroatoms. The monoisotopic (exact) mass is 446 g/mol. The van der Waals surface area contributed by atoms with E-state index in [4.69, 9.17) is 5.11 Å². The summed E-state index contributed by atoms with van der Waals surface area (Å²) in [6.07, 6.45) is -2.29. The summed E-state index contributed by atoms with van der Waals surface area (Å²) in [6, 6.07) is 2.55. The second-order valence-corrected chi connectivity index (χ2v) is 9.17. The number of rotatable bonds is 5. The van der Waals surface area contributed by atoms with Gasteiger partial charge in [0.25, 0.3) is 0 Å². The molecule has 1 aromatic carbocycles. The van der Waals surface area contributed by atoms with E-state index < -0.39 is 32.6 Å². The fraction of sp³-hybridized carbons (Fsp3) is 0.188. The normalized spacial score (nSPS) is 12.1. The minimum atomic E-state index is -4.76. The third-order valence-corrected chi connectivity index (χ3v) is 6.96. The summed E-state index contributed by atoms with van der Waals surface area (Å²) in [5.74, 6) is 0. The SMILES string of the molecule is Cn1cc(-c2cc(C(F)(F)F)cc(S(=O)(=O)c3cnc(CNC(=O)O)s3)c2)cn1. The molecule has 0 aliphatic rings. The van der Waals surface area contributed by atoms with Crippen molar-refractivity contribution in [2.75, 3.05) is 0 Å². The molecule has 0 spiro atoms. The summed E-state index contributed by atoms with van der Waals surface area (Å²) in [4.78, 5) is 13.8. The predicted molar refractivity (Wildman–Crippen MR) is 96.1 cm³/mol. The Balaban J connectivity index is 2.07. The molecule has 2 aromatic heterocycles. The van der Waals surface area contributed by atoms with Crippen molar-refractivity contribution in [1.82, 2.24) is 20.1 Å². The summed E-state index contributed by atoms with van der Waals surface area (Å²) in [6.45, 7) is -0.223. The van der Waals surface area contributed by atoms with Crippen molar-refractivity contribution < 1.29 is 31.5 Å². The molecule has 2 N–H and O–H groups in total. The molecule has 0 unspecified atom stereocenters.